The van der Waals surface area contributed by atoms with E-state index < -0.39 is 9.53 Å². The summed E-state index contributed by atoms with van der Waals surface area (Å²) in [6.07, 6.45) is 2.14. The van der Waals surface area contributed by atoms with E-state index in [-0.39, 0.29) is 0 Å². The first-order chi connectivity index (χ1) is 7.85. The van der Waals surface area contributed by atoms with Gasteiger partial charge in [0.15, 0.2) is 0 Å². The molecule has 0 heterocycles. The monoisotopic (exact) mass is 252 g/mol. The maximum Gasteiger partial charge on any atom is 0.484 e. The largest absolute Gasteiger partial charge is 0.484 e. The first-order valence-corrected chi connectivity index (χ1v) is 7.09. The molecule has 0 bridgehead atoms. The van der Waals surface area contributed by atoms with E-state index in [1.807, 2.05) is 0 Å². The Morgan fingerprint density at radius 3 is 1.69 bits per heavy atom. The average molecular weight is 252 g/mol. The standard InChI is InChI=1S/C10H24O5Si/c1-4-5-6-13-16(14-9-7-11-2)15-10-8-12-3/h16H,4-10H2,1-3H3. The van der Waals surface area contributed by atoms with Gasteiger partial charge in [0.05, 0.1) is 26.4 Å². The molecule has 0 aliphatic rings. The van der Waals surface area contributed by atoms with Crippen LogP contribution in [0.4, 0.5) is 0 Å². The Morgan fingerprint density at radius 1 is 0.750 bits per heavy atom. The molecule has 0 radical (unpaired) electrons. The zero-order chi connectivity index (χ0) is 12.1. The van der Waals surface area contributed by atoms with Crippen molar-refractivity contribution in [1.29, 1.82) is 0 Å². The van der Waals surface area contributed by atoms with E-state index in [0.717, 1.165) is 12.8 Å². The van der Waals surface area contributed by atoms with E-state index in [9.17, 15) is 0 Å². The van der Waals surface area contributed by atoms with Gasteiger partial charge in [0.25, 0.3) is 0 Å². The maximum atomic E-state index is 5.56. The molecule has 0 aliphatic carbocycles. The van der Waals surface area contributed by atoms with Crippen LogP contribution in [0.3, 0.4) is 0 Å². The highest BCUT2D eigenvalue weighted by Crippen LogP contribution is 1.96. The zero-order valence-electron chi connectivity index (χ0n) is 10.6. The van der Waals surface area contributed by atoms with Gasteiger partial charge >= 0.3 is 9.53 Å². The Morgan fingerprint density at radius 2 is 1.25 bits per heavy atom. The van der Waals surface area contributed by atoms with Gasteiger partial charge in [-0.3, -0.25) is 0 Å². The Bertz CT molecular complexity index is 113. The molecule has 0 rings (SSSR count). The van der Waals surface area contributed by atoms with Gasteiger partial charge in [0, 0.05) is 20.8 Å². The molecule has 0 amide bonds. The normalized spacial score (nSPS) is 11.2. The predicted molar refractivity (Wildman–Crippen MR) is 63.7 cm³/mol. The number of hydrogen-bond donors (Lipinski definition) is 0. The zero-order valence-corrected chi connectivity index (χ0v) is 11.7. The summed E-state index contributed by atoms with van der Waals surface area (Å²) in [6, 6.07) is 0. The summed E-state index contributed by atoms with van der Waals surface area (Å²) in [5.41, 5.74) is 0. The second kappa shape index (κ2) is 13.1. The van der Waals surface area contributed by atoms with Gasteiger partial charge in [-0.15, -0.1) is 0 Å². The molecule has 16 heavy (non-hydrogen) atoms. The van der Waals surface area contributed by atoms with Crippen molar-refractivity contribution < 1.29 is 22.8 Å². The molecule has 0 saturated carbocycles. The Hall–Kier alpha value is 0.0169. The van der Waals surface area contributed by atoms with Crippen LogP contribution in [0.1, 0.15) is 19.8 Å². The lowest BCUT2D eigenvalue weighted by atomic mass is 10.4. The number of hydrogen-bond acceptors (Lipinski definition) is 5. The molecule has 0 aliphatic heterocycles. The van der Waals surface area contributed by atoms with E-state index in [1.165, 1.54) is 0 Å². The summed E-state index contributed by atoms with van der Waals surface area (Å²) in [6.45, 7) is 4.99. The van der Waals surface area contributed by atoms with Crippen molar-refractivity contribution >= 4 is 9.53 Å². The van der Waals surface area contributed by atoms with E-state index in [1.54, 1.807) is 14.2 Å². The van der Waals surface area contributed by atoms with Crippen molar-refractivity contribution in [2.24, 2.45) is 0 Å². The second-order valence-corrected chi connectivity index (χ2v) is 4.82. The van der Waals surface area contributed by atoms with Gasteiger partial charge in [-0.2, -0.15) is 0 Å². The fraction of sp³-hybridized carbons (Fsp3) is 1.00. The third-order valence-corrected chi connectivity index (χ3v) is 3.36. The third-order valence-electron chi connectivity index (χ3n) is 1.83. The third kappa shape index (κ3) is 10.5. The molecule has 6 heteroatoms. The fourth-order valence-corrected chi connectivity index (χ4v) is 2.15. The van der Waals surface area contributed by atoms with E-state index in [2.05, 4.69) is 6.92 Å². The molecule has 0 fully saturated rings. The molecule has 0 atom stereocenters. The van der Waals surface area contributed by atoms with Crippen LogP contribution in [0.5, 0.6) is 0 Å². The number of methoxy groups -OCH3 is 2. The van der Waals surface area contributed by atoms with Crippen molar-refractivity contribution in [2.45, 2.75) is 19.8 Å². The van der Waals surface area contributed by atoms with Gasteiger partial charge in [0.1, 0.15) is 0 Å². The van der Waals surface area contributed by atoms with Crippen molar-refractivity contribution in [2.75, 3.05) is 47.3 Å². The average Bonchev–Trinajstić information content (AvgIpc) is 2.29. The lowest BCUT2D eigenvalue weighted by Gasteiger charge is -2.16. The highest BCUT2D eigenvalue weighted by atomic mass is 28.3. The minimum absolute atomic E-state index is 0.520. The van der Waals surface area contributed by atoms with Crippen LogP contribution in [0.25, 0.3) is 0 Å². The van der Waals surface area contributed by atoms with E-state index in [4.69, 9.17) is 22.8 Å². The molecule has 98 valence electrons. The molecular formula is C10H24O5Si. The summed E-state index contributed by atoms with van der Waals surface area (Å²) in [4.78, 5) is 0. The maximum absolute atomic E-state index is 5.56. The van der Waals surface area contributed by atoms with Gasteiger partial charge < -0.3 is 22.8 Å². The van der Waals surface area contributed by atoms with Crippen LogP contribution in [0.15, 0.2) is 0 Å². The number of rotatable bonds is 12. The number of ether oxygens (including phenoxy) is 2. The lowest BCUT2D eigenvalue weighted by Crippen LogP contribution is -2.30. The minimum atomic E-state index is -1.99. The molecule has 0 aromatic rings. The van der Waals surface area contributed by atoms with Crippen molar-refractivity contribution in [3.05, 3.63) is 0 Å². The molecule has 0 spiro atoms. The van der Waals surface area contributed by atoms with Crippen molar-refractivity contribution in [3.8, 4) is 0 Å². The van der Waals surface area contributed by atoms with Gasteiger partial charge in [0.2, 0.25) is 0 Å². The highest BCUT2D eigenvalue weighted by molar-refractivity contribution is 6.36. The quantitative estimate of drug-likeness (QED) is 0.380. The summed E-state index contributed by atoms with van der Waals surface area (Å²) >= 11 is 0. The Kier molecular flexibility index (Phi) is 13.1. The summed E-state index contributed by atoms with van der Waals surface area (Å²) in [5.74, 6) is 0. The van der Waals surface area contributed by atoms with Crippen molar-refractivity contribution in [1.82, 2.24) is 0 Å². The summed E-state index contributed by atoms with van der Waals surface area (Å²) < 4.78 is 26.3. The molecule has 0 saturated heterocycles. The SMILES string of the molecule is CCCCO[SiH](OCCOC)OCCOC. The topological polar surface area (TPSA) is 46.2 Å². The molecule has 5 nitrogen and oxygen atoms in total. The van der Waals surface area contributed by atoms with Gasteiger partial charge in [-0.1, -0.05) is 13.3 Å². The van der Waals surface area contributed by atoms with E-state index in [0.29, 0.717) is 33.0 Å². The fourth-order valence-electron chi connectivity index (χ4n) is 0.924. The number of unbranched alkanes of at least 4 members (excludes halogenated alkanes) is 1. The highest BCUT2D eigenvalue weighted by Gasteiger charge is 2.14. The minimum Gasteiger partial charge on any atom is -0.382 e. The Balaban J connectivity index is 3.58. The first-order valence-electron chi connectivity index (χ1n) is 5.67. The predicted octanol–water partition coefficient (Wildman–Crippen LogP) is 0.846. The first kappa shape index (κ1) is 16.0. The van der Waals surface area contributed by atoms with E-state index >= 15 is 0 Å². The van der Waals surface area contributed by atoms with Crippen LogP contribution in [-0.4, -0.2) is 56.8 Å². The summed E-state index contributed by atoms with van der Waals surface area (Å²) in [5, 5.41) is 0. The van der Waals surface area contributed by atoms with Crippen LogP contribution in [0.2, 0.25) is 0 Å². The molecule has 0 aromatic carbocycles. The van der Waals surface area contributed by atoms with Crippen LogP contribution in [-0.2, 0) is 22.8 Å². The van der Waals surface area contributed by atoms with Gasteiger partial charge in [-0.05, 0) is 6.42 Å². The van der Waals surface area contributed by atoms with Crippen LogP contribution >= 0.6 is 0 Å². The summed E-state index contributed by atoms with van der Waals surface area (Å²) in [7, 11) is 1.30. The molecule has 0 aromatic heterocycles. The van der Waals surface area contributed by atoms with Gasteiger partial charge in [-0.25, -0.2) is 0 Å². The molecule has 0 unspecified atom stereocenters. The lowest BCUT2D eigenvalue weighted by molar-refractivity contribution is 0.0498. The van der Waals surface area contributed by atoms with Crippen LogP contribution in [0, 0.1) is 0 Å². The van der Waals surface area contributed by atoms with Crippen LogP contribution < -0.4 is 0 Å². The van der Waals surface area contributed by atoms with Crippen molar-refractivity contribution in [3.63, 3.8) is 0 Å². The second-order valence-electron chi connectivity index (χ2n) is 3.24. The molecule has 0 N–H and O–H groups in total. The molecular weight excluding hydrogens is 228 g/mol. The smallest absolute Gasteiger partial charge is 0.382 e. The Labute approximate surface area is 99.9 Å².